The Kier molecular flexibility index (Phi) is 5.90. The van der Waals surface area contributed by atoms with Gasteiger partial charge in [-0.05, 0) is 43.2 Å². The van der Waals surface area contributed by atoms with Gasteiger partial charge in [0.05, 0.1) is 25.3 Å². The highest BCUT2D eigenvalue weighted by molar-refractivity contribution is 5.95. The average molecular weight is 422 g/mol. The molecule has 2 heterocycles. The van der Waals surface area contributed by atoms with Gasteiger partial charge in [0, 0.05) is 18.7 Å². The number of carbonyl (C=O) groups excluding carboxylic acids is 1. The molecule has 31 heavy (non-hydrogen) atoms. The molecule has 0 aliphatic heterocycles. The van der Waals surface area contributed by atoms with Crippen molar-refractivity contribution < 1.29 is 18.7 Å². The molecule has 1 fully saturated rings. The summed E-state index contributed by atoms with van der Waals surface area (Å²) in [6.07, 6.45) is 3.74. The van der Waals surface area contributed by atoms with Gasteiger partial charge in [-0.3, -0.25) is 4.79 Å². The number of pyridine rings is 1. The van der Waals surface area contributed by atoms with E-state index in [2.05, 4.69) is 20.3 Å². The van der Waals surface area contributed by atoms with Crippen LogP contribution in [0.3, 0.4) is 0 Å². The molecule has 1 aliphatic rings. The van der Waals surface area contributed by atoms with E-state index in [1.807, 2.05) is 6.07 Å². The van der Waals surface area contributed by atoms with E-state index >= 15 is 0 Å². The summed E-state index contributed by atoms with van der Waals surface area (Å²) in [5.74, 6) is 0.656. The zero-order valence-electron chi connectivity index (χ0n) is 17.3. The van der Waals surface area contributed by atoms with Crippen molar-refractivity contribution in [3.8, 4) is 5.75 Å². The van der Waals surface area contributed by atoms with Gasteiger partial charge in [0.15, 0.2) is 5.75 Å². The summed E-state index contributed by atoms with van der Waals surface area (Å²) in [5.41, 5.74) is 0.686. The molecule has 0 bridgehead atoms. The first-order chi connectivity index (χ1) is 15.0. The molecule has 8 heteroatoms. The molecule has 1 aliphatic carbocycles. The van der Waals surface area contributed by atoms with Crippen molar-refractivity contribution in [1.29, 1.82) is 0 Å². The van der Waals surface area contributed by atoms with Crippen LogP contribution in [0.5, 0.6) is 5.75 Å². The second-order valence-electron chi connectivity index (χ2n) is 7.58. The van der Waals surface area contributed by atoms with Crippen LogP contribution >= 0.6 is 0 Å². The second kappa shape index (κ2) is 8.77. The minimum absolute atomic E-state index is 0.177. The second-order valence-corrected chi connectivity index (χ2v) is 7.58. The van der Waals surface area contributed by atoms with Gasteiger partial charge in [0.2, 0.25) is 5.91 Å². The number of nitrogens with zero attached hydrogens (tertiary/aromatic N) is 3. The number of aryl methyl sites for hydroxylation is 1. The Morgan fingerprint density at radius 1 is 1.26 bits per heavy atom. The molecule has 0 saturated heterocycles. The van der Waals surface area contributed by atoms with Crippen molar-refractivity contribution in [2.45, 2.75) is 25.4 Å². The van der Waals surface area contributed by atoms with E-state index < -0.39 is 5.41 Å². The van der Waals surface area contributed by atoms with E-state index in [9.17, 15) is 9.18 Å². The number of hydrogen-bond acceptors (Lipinski definition) is 6. The summed E-state index contributed by atoms with van der Waals surface area (Å²) in [6.45, 7) is 2.24. The first-order valence-corrected chi connectivity index (χ1v) is 9.94. The van der Waals surface area contributed by atoms with Gasteiger partial charge in [0.1, 0.15) is 23.2 Å². The third-order valence-corrected chi connectivity index (χ3v) is 5.42. The average Bonchev–Trinajstić information content (AvgIpc) is 3.50. The van der Waals surface area contributed by atoms with Gasteiger partial charge in [-0.15, -0.1) is 0 Å². The van der Waals surface area contributed by atoms with Crippen molar-refractivity contribution in [3.63, 3.8) is 0 Å². The van der Waals surface area contributed by atoms with E-state index in [4.69, 9.17) is 9.47 Å². The lowest BCUT2D eigenvalue weighted by molar-refractivity contribution is -0.117. The number of methoxy groups -OCH3 is 1. The van der Waals surface area contributed by atoms with E-state index in [0.717, 1.165) is 5.56 Å². The summed E-state index contributed by atoms with van der Waals surface area (Å²) < 4.78 is 25.3. The van der Waals surface area contributed by atoms with E-state index in [1.165, 1.54) is 12.1 Å². The van der Waals surface area contributed by atoms with Crippen LogP contribution in [-0.2, 0) is 21.6 Å². The van der Waals surface area contributed by atoms with Crippen LogP contribution in [0.15, 0.2) is 54.9 Å². The van der Waals surface area contributed by atoms with Crippen LogP contribution < -0.4 is 10.1 Å². The fraction of sp³-hybridized carbons (Fsp3) is 0.304. The molecule has 2 atom stereocenters. The molecule has 1 aromatic carbocycles. The Morgan fingerprint density at radius 3 is 2.87 bits per heavy atom. The van der Waals surface area contributed by atoms with Crippen LogP contribution in [0.1, 0.15) is 23.5 Å². The number of rotatable bonds is 8. The zero-order valence-corrected chi connectivity index (χ0v) is 17.3. The fourth-order valence-electron chi connectivity index (χ4n) is 3.73. The standard InChI is InChI=1S/C23H23FN4O3/c1-15-26-12-20(19(27-15)13-30-2)31-14-23(16-6-5-7-17(24)10-16)11-18(23)22(29)28-21-8-3-4-9-25-21/h3-10,12,18H,11,13-14H2,1-2H3,(H,25,28,29)/t18-,23+/m0/s1. The van der Waals surface area contributed by atoms with E-state index in [-0.39, 0.29) is 30.9 Å². The van der Waals surface area contributed by atoms with Gasteiger partial charge in [-0.1, -0.05) is 18.2 Å². The normalized spacial score (nSPS) is 19.6. The Bertz CT molecular complexity index is 1080. The lowest BCUT2D eigenvalue weighted by atomic mass is 9.93. The molecule has 1 N–H and O–H groups in total. The van der Waals surface area contributed by atoms with E-state index in [0.29, 0.717) is 29.5 Å². The van der Waals surface area contributed by atoms with Crippen LogP contribution in [0, 0.1) is 18.7 Å². The summed E-state index contributed by atoms with van der Waals surface area (Å²) in [7, 11) is 1.58. The highest BCUT2D eigenvalue weighted by Crippen LogP contribution is 2.55. The summed E-state index contributed by atoms with van der Waals surface area (Å²) in [6, 6.07) is 11.6. The first-order valence-electron chi connectivity index (χ1n) is 9.94. The van der Waals surface area contributed by atoms with Crippen molar-refractivity contribution in [1.82, 2.24) is 15.0 Å². The number of aromatic nitrogens is 3. The molecule has 4 rings (SSSR count). The maximum Gasteiger partial charge on any atom is 0.229 e. The zero-order chi connectivity index (χ0) is 21.8. The first kappa shape index (κ1) is 20.9. The molecular weight excluding hydrogens is 399 g/mol. The van der Waals surface area contributed by atoms with Crippen molar-refractivity contribution >= 4 is 11.7 Å². The number of nitrogens with one attached hydrogen (secondary N) is 1. The van der Waals surface area contributed by atoms with Crippen LogP contribution in [0.25, 0.3) is 0 Å². The van der Waals surface area contributed by atoms with Crippen LogP contribution in [-0.4, -0.2) is 34.6 Å². The predicted octanol–water partition coefficient (Wildman–Crippen LogP) is 3.44. The number of halogens is 1. The molecule has 0 radical (unpaired) electrons. The molecule has 0 unspecified atom stereocenters. The molecular formula is C23H23FN4O3. The lowest BCUT2D eigenvalue weighted by Gasteiger charge is -2.20. The summed E-state index contributed by atoms with van der Waals surface area (Å²) >= 11 is 0. The Morgan fingerprint density at radius 2 is 2.13 bits per heavy atom. The molecule has 160 valence electrons. The summed E-state index contributed by atoms with van der Waals surface area (Å²) in [5, 5.41) is 2.84. The van der Waals surface area contributed by atoms with Gasteiger partial charge in [-0.25, -0.2) is 19.3 Å². The van der Waals surface area contributed by atoms with Gasteiger partial charge < -0.3 is 14.8 Å². The third-order valence-electron chi connectivity index (χ3n) is 5.42. The summed E-state index contributed by atoms with van der Waals surface area (Å²) in [4.78, 5) is 25.6. The van der Waals surface area contributed by atoms with Crippen LogP contribution in [0.4, 0.5) is 10.2 Å². The number of ether oxygens (including phenoxy) is 2. The maximum atomic E-state index is 14.0. The molecule has 1 amide bonds. The third kappa shape index (κ3) is 4.54. The Labute approximate surface area is 179 Å². The Hall–Kier alpha value is -3.39. The molecule has 0 spiro atoms. The van der Waals surface area contributed by atoms with Gasteiger partial charge in [-0.2, -0.15) is 0 Å². The monoisotopic (exact) mass is 422 g/mol. The lowest BCUT2D eigenvalue weighted by Crippen LogP contribution is -2.27. The van der Waals surface area contributed by atoms with Gasteiger partial charge in [0.25, 0.3) is 0 Å². The molecule has 3 aromatic rings. The number of amides is 1. The number of benzene rings is 1. The SMILES string of the molecule is COCc1nc(C)ncc1OC[C@@]1(c2cccc(F)c2)C[C@H]1C(=O)Nc1ccccn1. The number of hydrogen-bond donors (Lipinski definition) is 1. The smallest absolute Gasteiger partial charge is 0.229 e. The topological polar surface area (TPSA) is 86.2 Å². The highest BCUT2D eigenvalue weighted by atomic mass is 19.1. The quantitative estimate of drug-likeness (QED) is 0.599. The molecule has 2 aromatic heterocycles. The predicted molar refractivity (Wildman–Crippen MR) is 112 cm³/mol. The largest absolute Gasteiger partial charge is 0.489 e. The minimum Gasteiger partial charge on any atom is -0.489 e. The van der Waals surface area contributed by atoms with Crippen molar-refractivity contribution in [2.24, 2.45) is 5.92 Å². The van der Waals surface area contributed by atoms with Crippen molar-refractivity contribution in [3.05, 3.63) is 77.8 Å². The molecule has 7 nitrogen and oxygen atoms in total. The van der Waals surface area contributed by atoms with Crippen molar-refractivity contribution in [2.75, 3.05) is 19.0 Å². The Balaban J connectivity index is 1.57. The minimum atomic E-state index is -0.657. The van der Waals surface area contributed by atoms with Gasteiger partial charge >= 0.3 is 0 Å². The number of carbonyl (C=O) groups is 1. The van der Waals surface area contributed by atoms with Crippen LogP contribution in [0.2, 0.25) is 0 Å². The molecule has 1 saturated carbocycles. The highest BCUT2D eigenvalue weighted by Gasteiger charge is 2.60. The maximum absolute atomic E-state index is 14.0. The van der Waals surface area contributed by atoms with E-state index in [1.54, 1.807) is 50.7 Å². The fourth-order valence-corrected chi connectivity index (χ4v) is 3.73. The number of anilines is 1.